The second kappa shape index (κ2) is 5.20. The van der Waals surface area contributed by atoms with E-state index in [1.807, 2.05) is 0 Å². The van der Waals surface area contributed by atoms with Crippen LogP contribution < -0.4 is 4.57 Å². The van der Waals surface area contributed by atoms with Gasteiger partial charge in [0.25, 0.3) is 5.82 Å². The van der Waals surface area contributed by atoms with Crippen LogP contribution in [0.4, 0.5) is 0 Å². The summed E-state index contributed by atoms with van der Waals surface area (Å²) >= 11 is 0. The number of fused-ring (bicyclic) bond motifs is 3. The Hall–Kier alpha value is -2.61. The highest BCUT2D eigenvalue weighted by molar-refractivity contribution is 6.11. The first-order valence-electron chi connectivity index (χ1n) is 8.45. The smallest absolute Gasteiger partial charge is 0.237 e. The van der Waals surface area contributed by atoms with Crippen LogP contribution in [0.2, 0.25) is 0 Å². The fourth-order valence-corrected chi connectivity index (χ4v) is 3.81. The second-order valence-corrected chi connectivity index (χ2v) is 6.88. The van der Waals surface area contributed by atoms with Crippen LogP contribution >= 0.6 is 0 Å². The molecule has 2 heteroatoms. The van der Waals surface area contributed by atoms with E-state index >= 15 is 0 Å². The highest BCUT2D eigenvalue weighted by atomic mass is 15.1. The summed E-state index contributed by atoms with van der Waals surface area (Å²) in [6, 6.07) is 15.5. The fourth-order valence-electron chi connectivity index (χ4n) is 3.81. The van der Waals surface area contributed by atoms with Gasteiger partial charge in [0.15, 0.2) is 0 Å². The largest absolute Gasteiger partial charge is 0.286 e. The third-order valence-electron chi connectivity index (χ3n) is 5.16. The maximum absolute atomic E-state index is 2.42. The van der Waals surface area contributed by atoms with E-state index in [1.54, 1.807) is 0 Å². The van der Waals surface area contributed by atoms with Crippen LogP contribution in [-0.2, 0) is 7.05 Å². The molecule has 2 aromatic heterocycles. The zero-order chi connectivity index (χ0) is 17.0. The van der Waals surface area contributed by atoms with Gasteiger partial charge < -0.3 is 0 Å². The molecule has 0 saturated carbocycles. The van der Waals surface area contributed by atoms with Crippen LogP contribution in [0.25, 0.3) is 27.6 Å². The summed E-state index contributed by atoms with van der Waals surface area (Å²) in [5.74, 6) is 1.20. The molecule has 2 aromatic carbocycles. The molecule has 4 rings (SSSR count). The number of pyridine rings is 1. The van der Waals surface area contributed by atoms with E-state index in [9.17, 15) is 0 Å². The van der Waals surface area contributed by atoms with Crippen LogP contribution in [0.15, 0.2) is 48.7 Å². The fraction of sp³-hybridized carbons (Fsp3) is 0.227. The Bertz CT molecular complexity index is 1100. The van der Waals surface area contributed by atoms with Gasteiger partial charge >= 0.3 is 0 Å². The minimum absolute atomic E-state index is 1.20. The molecule has 0 radical (unpaired) electrons. The van der Waals surface area contributed by atoms with E-state index in [-0.39, 0.29) is 0 Å². The summed E-state index contributed by atoms with van der Waals surface area (Å²) < 4.78 is 4.63. The van der Waals surface area contributed by atoms with Crippen molar-refractivity contribution in [2.24, 2.45) is 7.05 Å². The number of benzene rings is 2. The van der Waals surface area contributed by atoms with Crippen molar-refractivity contribution in [1.82, 2.24) is 4.57 Å². The maximum atomic E-state index is 2.42. The normalized spacial score (nSPS) is 11.5. The van der Waals surface area contributed by atoms with Crippen LogP contribution in [0.3, 0.4) is 0 Å². The maximum Gasteiger partial charge on any atom is 0.286 e. The lowest BCUT2D eigenvalue weighted by Crippen LogP contribution is -2.33. The quantitative estimate of drug-likeness (QED) is 0.444. The first kappa shape index (κ1) is 14.9. The van der Waals surface area contributed by atoms with Gasteiger partial charge in [0.1, 0.15) is 11.0 Å². The molecule has 0 fully saturated rings. The van der Waals surface area contributed by atoms with Gasteiger partial charge in [-0.15, -0.1) is 0 Å². The first-order valence-corrected chi connectivity index (χ1v) is 8.45. The Labute approximate surface area is 143 Å². The summed E-state index contributed by atoms with van der Waals surface area (Å²) in [6.45, 7) is 8.82. The molecule has 4 aromatic rings. The highest BCUT2D eigenvalue weighted by Gasteiger charge is 2.24. The van der Waals surface area contributed by atoms with E-state index in [0.29, 0.717) is 0 Å². The van der Waals surface area contributed by atoms with Crippen molar-refractivity contribution >= 4 is 21.8 Å². The SMILES string of the molecule is Cc1cc[n+](C)c(-n2c3ccccc3c3c(C)cc(C)c(C)c32)c1. The van der Waals surface area contributed by atoms with Gasteiger partial charge in [-0.05, 0) is 68.1 Å². The summed E-state index contributed by atoms with van der Waals surface area (Å²) in [7, 11) is 2.12. The van der Waals surface area contributed by atoms with Gasteiger partial charge in [0.2, 0.25) is 0 Å². The minimum Gasteiger partial charge on any atom is -0.237 e. The van der Waals surface area contributed by atoms with Crippen molar-refractivity contribution in [3.05, 3.63) is 70.9 Å². The van der Waals surface area contributed by atoms with Gasteiger partial charge in [0, 0.05) is 16.8 Å². The summed E-state index contributed by atoms with van der Waals surface area (Å²) in [5.41, 5.74) is 7.92. The zero-order valence-electron chi connectivity index (χ0n) is 15.0. The Kier molecular flexibility index (Phi) is 3.24. The van der Waals surface area contributed by atoms with Gasteiger partial charge in [0.05, 0.1) is 13.2 Å². The average Bonchev–Trinajstić information content (AvgIpc) is 2.90. The lowest BCUT2D eigenvalue weighted by atomic mass is 10.00. The monoisotopic (exact) mass is 315 g/mol. The molecule has 0 N–H and O–H groups in total. The van der Waals surface area contributed by atoms with E-state index in [2.05, 4.69) is 92.5 Å². The second-order valence-electron chi connectivity index (χ2n) is 6.88. The van der Waals surface area contributed by atoms with E-state index in [4.69, 9.17) is 0 Å². The Balaban J connectivity index is 2.31. The Morgan fingerprint density at radius 1 is 0.875 bits per heavy atom. The van der Waals surface area contributed by atoms with Gasteiger partial charge in [-0.25, -0.2) is 4.57 Å². The van der Waals surface area contributed by atoms with Crippen molar-refractivity contribution in [2.75, 3.05) is 0 Å². The van der Waals surface area contributed by atoms with Crippen molar-refractivity contribution in [3.8, 4) is 5.82 Å². The number of aromatic nitrogens is 2. The first-order chi connectivity index (χ1) is 11.5. The predicted molar refractivity (Wildman–Crippen MR) is 101 cm³/mol. The molecule has 24 heavy (non-hydrogen) atoms. The summed E-state index contributed by atoms with van der Waals surface area (Å²) in [5, 5.41) is 2.70. The van der Waals surface area contributed by atoms with Crippen LogP contribution in [-0.4, -0.2) is 4.57 Å². The molecule has 0 aliphatic carbocycles. The van der Waals surface area contributed by atoms with Crippen molar-refractivity contribution < 1.29 is 4.57 Å². The third kappa shape index (κ3) is 1.99. The molecule has 120 valence electrons. The van der Waals surface area contributed by atoms with Crippen molar-refractivity contribution in [3.63, 3.8) is 0 Å². The molecule has 0 aliphatic rings. The van der Waals surface area contributed by atoms with Crippen LogP contribution in [0.1, 0.15) is 22.3 Å². The lowest BCUT2D eigenvalue weighted by molar-refractivity contribution is -0.665. The van der Waals surface area contributed by atoms with Crippen LogP contribution in [0.5, 0.6) is 0 Å². The number of hydrogen-bond donors (Lipinski definition) is 0. The van der Waals surface area contributed by atoms with Gasteiger partial charge in [-0.1, -0.05) is 18.2 Å². The molecule has 0 bridgehead atoms. The molecule has 2 heterocycles. The molecule has 0 saturated heterocycles. The zero-order valence-corrected chi connectivity index (χ0v) is 15.0. The van der Waals surface area contributed by atoms with Gasteiger partial charge in [-0.2, -0.15) is 4.57 Å². The number of aryl methyl sites for hydroxylation is 5. The molecule has 0 aliphatic heterocycles. The number of rotatable bonds is 1. The average molecular weight is 315 g/mol. The third-order valence-corrected chi connectivity index (χ3v) is 5.16. The molecule has 0 atom stereocenters. The lowest BCUT2D eigenvalue weighted by Gasteiger charge is -2.08. The molecular weight excluding hydrogens is 292 g/mol. The highest BCUT2D eigenvalue weighted by Crippen LogP contribution is 2.36. The molecule has 2 nitrogen and oxygen atoms in total. The minimum atomic E-state index is 1.20. The molecule has 0 spiro atoms. The summed E-state index contributed by atoms with van der Waals surface area (Å²) in [4.78, 5) is 0. The topological polar surface area (TPSA) is 8.81 Å². The van der Waals surface area contributed by atoms with Crippen molar-refractivity contribution in [2.45, 2.75) is 27.7 Å². The molecule has 0 unspecified atom stereocenters. The van der Waals surface area contributed by atoms with E-state index in [1.165, 1.54) is 49.9 Å². The van der Waals surface area contributed by atoms with E-state index in [0.717, 1.165) is 0 Å². The number of para-hydroxylation sites is 1. The molecule has 0 amide bonds. The Morgan fingerprint density at radius 3 is 2.42 bits per heavy atom. The predicted octanol–water partition coefficient (Wildman–Crippen LogP) is 4.84. The summed E-state index contributed by atoms with van der Waals surface area (Å²) in [6.07, 6.45) is 2.14. The standard InChI is InChI=1S/C22H23N2/c1-14-10-11-23(5)20(12-14)24-19-9-7-6-8-18(19)21-16(3)13-15(2)17(4)22(21)24/h6-13H,1-5H3/q+1. The van der Waals surface area contributed by atoms with Gasteiger partial charge in [-0.3, -0.25) is 0 Å². The Morgan fingerprint density at radius 2 is 1.62 bits per heavy atom. The van der Waals surface area contributed by atoms with Crippen LogP contribution in [0, 0.1) is 27.7 Å². The van der Waals surface area contributed by atoms with E-state index < -0.39 is 0 Å². The molecular formula is C22H23N2+. The number of hydrogen-bond acceptors (Lipinski definition) is 0. The van der Waals surface area contributed by atoms with Crippen molar-refractivity contribution in [1.29, 1.82) is 0 Å². The number of nitrogens with zero attached hydrogens (tertiary/aromatic N) is 2.